The first-order chi connectivity index (χ1) is 4.88. The highest BCUT2D eigenvalue weighted by atomic mass is 16.3. The molecule has 0 aromatic carbocycles. The van der Waals surface area contributed by atoms with E-state index in [0.29, 0.717) is 6.04 Å². The smallest absolute Gasteiger partial charge is 0.0980 e. The van der Waals surface area contributed by atoms with E-state index in [4.69, 9.17) is 0 Å². The van der Waals surface area contributed by atoms with Crippen molar-refractivity contribution in [1.82, 2.24) is 5.32 Å². The molecular weight excluding hydrogens is 138 g/mol. The fourth-order valence-corrected chi connectivity index (χ4v) is 0.924. The minimum atomic E-state index is -0.751. The van der Waals surface area contributed by atoms with Gasteiger partial charge in [-0.05, 0) is 34.6 Å². The Labute approximate surface area is 69.3 Å². The van der Waals surface area contributed by atoms with Gasteiger partial charge in [-0.25, -0.2) is 0 Å². The fraction of sp³-hybridized carbons (Fsp3) is 0.778. The minimum Gasteiger partial charge on any atom is -0.384 e. The van der Waals surface area contributed by atoms with E-state index in [1.807, 2.05) is 13.0 Å². The molecule has 0 saturated carbocycles. The van der Waals surface area contributed by atoms with Gasteiger partial charge in [-0.15, -0.1) is 0 Å². The molecule has 0 aliphatic carbocycles. The van der Waals surface area contributed by atoms with Gasteiger partial charge in [0.2, 0.25) is 0 Å². The summed E-state index contributed by atoms with van der Waals surface area (Å²) in [7, 11) is 0. The van der Waals surface area contributed by atoms with Crippen molar-refractivity contribution in [2.45, 2.75) is 46.3 Å². The Morgan fingerprint density at radius 3 is 2.00 bits per heavy atom. The molecule has 11 heavy (non-hydrogen) atoms. The molecule has 0 radical (unpaired) electrons. The fourth-order valence-electron chi connectivity index (χ4n) is 0.924. The van der Waals surface area contributed by atoms with Crippen LogP contribution in [0.3, 0.4) is 0 Å². The topological polar surface area (TPSA) is 32.3 Å². The van der Waals surface area contributed by atoms with E-state index < -0.39 is 5.60 Å². The highest BCUT2D eigenvalue weighted by molar-refractivity contribution is 5.10. The molecule has 0 aliphatic rings. The summed E-state index contributed by atoms with van der Waals surface area (Å²) in [5.41, 5.74) is 0.131. The van der Waals surface area contributed by atoms with Gasteiger partial charge in [-0.1, -0.05) is 6.08 Å². The molecule has 66 valence electrons. The zero-order chi connectivity index (χ0) is 9.07. The van der Waals surface area contributed by atoms with Gasteiger partial charge >= 0.3 is 0 Å². The summed E-state index contributed by atoms with van der Waals surface area (Å²) in [4.78, 5) is 0. The summed E-state index contributed by atoms with van der Waals surface area (Å²) in [5.74, 6) is 0. The van der Waals surface area contributed by atoms with Gasteiger partial charge in [0.25, 0.3) is 0 Å². The van der Waals surface area contributed by atoms with E-state index in [-0.39, 0.29) is 0 Å². The predicted molar refractivity (Wildman–Crippen MR) is 48.3 cm³/mol. The molecule has 0 heterocycles. The van der Waals surface area contributed by atoms with Crippen molar-refractivity contribution in [3.05, 3.63) is 11.8 Å². The van der Waals surface area contributed by atoms with E-state index >= 15 is 0 Å². The standard InChI is InChI=1S/C9H19NO/c1-6-8(9(4,5)11)10-7(2)3/h6-7,10-11H,1-5H3/b8-6-. The van der Waals surface area contributed by atoms with Crippen molar-refractivity contribution in [3.63, 3.8) is 0 Å². The maximum Gasteiger partial charge on any atom is 0.0980 e. The Balaban J connectivity index is 4.21. The number of nitrogens with one attached hydrogen (secondary N) is 1. The van der Waals surface area contributed by atoms with Crippen molar-refractivity contribution in [3.8, 4) is 0 Å². The molecule has 0 rings (SSSR count). The summed E-state index contributed by atoms with van der Waals surface area (Å²) in [5, 5.41) is 12.8. The van der Waals surface area contributed by atoms with Crippen LogP contribution < -0.4 is 5.32 Å². The zero-order valence-electron chi connectivity index (χ0n) is 8.10. The van der Waals surface area contributed by atoms with Crippen LogP contribution in [0, 0.1) is 0 Å². The first kappa shape index (κ1) is 10.5. The van der Waals surface area contributed by atoms with Gasteiger partial charge < -0.3 is 10.4 Å². The van der Waals surface area contributed by atoms with E-state index in [1.165, 1.54) is 0 Å². The van der Waals surface area contributed by atoms with Crippen molar-refractivity contribution in [2.24, 2.45) is 0 Å². The lowest BCUT2D eigenvalue weighted by molar-refractivity contribution is 0.110. The van der Waals surface area contributed by atoms with Gasteiger partial charge in [0, 0.05) is 11.7 Å². The molecule has 0 aromatic heterocycles. The summed E-state index contributed by atoms with van der Waals surface area (Å²) >= 11 is 0. The van der Waals surface area contributed by atoms with Crippen LogP contribution in [0.1, 0.15) is 34.6 Å². The summed E-state index contributed by atoms with van der Waals surface area (Å²) in [6, 6.07) is 0.368. The second-order valence-corrected chi connectivity index (χ2v) is 3.56. The van der Waals surface area contributed by atoms with Crippen LogP contribution in [0.4, 0.5) is 0 Å². The van der Waals surface area contributed by atoms with Gasteiger partial charge in [0.05, 0.1) is 5.60 Å². The maximum atomic E-state index is 9.60. The Hall–Kier alpha value is -0.500. The first-order valence-electron chi connectivity index (χ1n) is 4.03. The molecular formula is C9H19NO. The van der Waals surface area contributed by atoms with Crippen molar-refractivity contribution in [2.75, 3.05) is 0 Å². The largest absolute Gasteiger partial charge is 0.384 e. The third kappa shape index (κ3) is 4.04. The average Bonchev–Trinajstić information content (AvgIpc) is 1.79. The SMILES string of the molecule is C/C=C(\NC(C)C)C(C)(C)O. The second kappa shape index (κ2) is 3.77. The normalized spacial score (nSPS) is 13.9. The van der Waals surface area contributed by atoms with Gasteiger partial charge in [-0.3, -0.25) is 0 Å². The summed E-state index contributed by atoms with van der Waals surface area (Å²) < 4.78 is 0. The highest BCUT2D eigenvalue weighted by Gasteiger charge is 2.18. The third-order valence-electron chi connectivity index (χ3n) is 1.39. The monoisotopic (exact) mass is 157 g/mol. The van der Waals surface area contributed by atoms with Crippen molar-refractivity contribution >= 4 is 0 Å². The summed E-state index contributed by atoms with van der Waals surface area (Å²) in [6.45, 7) is 9.57. The van der Waals surface area contributed by atoms with Crippen LogP contribution in [-0.2, 0) is 0 Å². The predicted octanol–water partition coefficient (Wildman–Crippen LogP) is 1.66. The van der Waals surface area contributed by atoms with Gasteiger partial charge in [0.15, 0.2) is 0 Å². The molecule has 0 saturated heterocycles. The van der Waals surface area contributed by atoms with Crippen LogP contribution in [0.15, 0.2) is 11.8 Å². The first-order valence-corrected chi connectivity index (χ1v) is 4.03. The molecule has 0 aromatic rings. The van der Waals surface area contributed by atoms with Crippen LogP contribution in [0.2, 0.25) is 0 Å². The molecule has 2 heteroatoms. The number of aliphatic hydroxyl groups is 1. The quantitative estimate of drug-likeness (QED) is 0.653. The van der Waals surface area contributed by atoms with Gasteiger partial charge in [-0.2, -0.15) is 0 Å². The maximum absolute atomic E-state index is 9.60. The number of rotatable bonds is 3. The number of hydrogen-bond donors (Lipinski definition) is 2. The Bertz CT molecular complexity index is 142. The van der Waals surface area contributed by atoms with Crippen LogP contribution in [-0.4, -0.2) is 16.7 Å². The zero-order valence-corrected chi connectivity index (χ0v) is 8.10. The molecule has 2 nitrogen and oxygen atoms in total. The molecule has 0 amide bonds. The molecule has 2 N–H and O–H groups in total. The molecule has 0 unspecified atom stereocenters. The number of allylic oxidation sites excluding steroid dienone is 1. The summed E-state index contributed by atoms with van der Waals surface area (Å²) in [6.07, 6.45) is 1.90. The lowest BCUT2D eigenvalue weighted by Crippen LogP contribution is -2.35. The van der Waals surface area contributed by atoms with E-state index in [9.17, 15) is 5.11 Å². The lowest BCUT2D eigenvalue weighted by Gasteiger charge is -2.24. The van der Waals surface area contributed by atoms with Gasteiger partial charge in [0.1, 0.15) is 0 Å². The minimum absolute atomic E-state index is 0.368. The van der Waals surface area contributed by atoms with E-state index in [0.717, 1.165) is 5.70 Å². The molecule has 0 fully saturated rings. The average molecular weight is 157 g/mol. The number of hydrogen-bond acceptors (Lipinski definition) is 2. The van der Waals surface area contributed by atoms with Crippen LogP contribution >= 0.6 is 0 Å². The van der Waals surface area contributed by atoms with E-state index in [1.54, 1.807) is 13.8 Å². The van der Waals surface area contributed by atoms with Crippen LogP contribution in [0.25, 0.3) is 0 Å². The molecule has 0 aliphatic heterocycles. The molecule has 0 spiro atoms. The Kier molecular flexibility index (Phi) is 3.59. The van der Waals surface area contributed by atoms with Crippen molar-refractivity contribution in [1.29, 1.82) is 0 Å². The molecule has 0 atom stereocenters. The lowest BCUT2D eigenvalue weighted by atomic mass is 10.0. The second-order valence-electron chi connectivity index (χ2n) is 3.56. The Morgan fingerprint density at radius 2 is 1.91 bits per heavy atom. The Morgan fingerprint density at radius 1 is 1.45 bits per heavy atom. The van der Waals surface area contributed by atoms with Crippen LogP contribution in [0.5, 0.6) is 0 Å². The van der Waals surface area contributed by atoms with E-state index in [2.05, 4.69) is 19.2 Å². The highest BCUT2D eigenvalue weighted by Crippen LogP contribution is 2.12. The van der Waals surface area contributed by atoms with Crippen molar-refractivity contribution < 1.29 is 5.11 Å². The molecule has 0 bridgehead atoms. The third-order valence-corrected chi connectivity index (χ3v) is 1.39.